The van der Waals surface area contributed by atoms with Crippen molar-refractivity contribution in [2.45, 2.75) is 32.6 Å². The van der Waals surface area contributed by atoms with Gasteiger partial charge in [-0.2, -0.15) is 0 Å². The van der Waals surface area contributed by atoms with Gasteiger partial charge in [-0.15, -0.1) is 0 Å². The summed E-state index contributed by atoms with van der Waals surface area (Å²) in [6.45, 7) is 7.27. The molecule has 1 aliphatic rings. The van der Waals surface area contributed by atoms with Crippen LogP contribution in [-0.2, 0) is 4.74 Å². The molecule has 17 heavy (non-hydrogen) atoms. The second kappa shape index (κ2) is 8.90. The van der Waals surface area contributed by atoms with Gasteiger partial charge in [0.25, 0.3) is 0 Å². The van der Waals surface area contributed by atoms with Crippen molar-refractivity contribution in [1.82, 2.24) is 10.2 Å². The molecule has 2 unspecified atom stereocenters. The average Bonchev–Trinajstić information content (AvgIpc) is 2.27. The van der Waals surface area contributed by atoms with Gasteiger partial charge in [0.05, 0.1) is 13.2 Å². The number of rotatable bonds is 8. The number of nitrogens with zero attached hydrogens (tertiary/aromatic N) is 1. The molecule has 1 fully saturated rings. The van der Waals surface area contributed by atoms with Crippen molar-refractivity contribution in [2.75, 3.05) is 46.9 Å². The van der Waals surface area contributed by atoms with Gasteiger partial charge in [-0.05, 0) is 45.3 Å². The maximum absolute atomic E-state index is 5.55. The normalized spacial score (nSPS) is 25.4. The predicted molar refractivity (Wildman–Crippen MR) is 73.4 cm³/mol. The minimum atomic E-state index is 0.842. The van der Waals surface area contributed by atoms with Crippen molar-refractivity contribution < 1.29 is 4.74 Å². The first-order valence-electron chi connectivity index (χ1n) is 7.11. The van der Waals surface area contributed by atoms with E-state index in [-0.39, 0.29) is 0 Å². The van der Waals surface area contributed by atoms with E-state index in [4.69, 9.17) is 4.74 Å². The summed E-state index contributed by atoms with van der Waals surface area (Å²) in [5.74, 6) is 1.84. The topological polar surface area (TPSA) is 24.5 Å². The van der Waals surface area contributed by atoms with Crippen LogP contribution in [0.4, 0.5) is 0 Å². The molecular weight excluding hydrogens is 212 g/mol. The van der Waals surface area contributed by atoms with E-state index in [1.165, 1.54) is 32.2 Å². The minimum Gasteiger partial charge on any atom is -0.379 e. The predicted octanol–water partition coefficient (Wildman–Crippen LogP) is 1.98. The molecular formula is C14H30N2O. The van der Waals surface area contributed by atoms with Crippen molar-refractivity contribution in [3.63, 3.8) is 0 Å². The average molecular weight is 242 g/mol. The summed E-state index contributed by atoms with van der Waals surface area (Å²) in [7, 11) is 4.15. The minimum absolute atomic E-state index is 0.842. The Morgan fingerprint density at radius 1 is 1.24 bits per heavy atom. The van der Waals surface area contributed by atoms with Gasteiger partial charge in [0, 0.05) is 13.1 Å². The summed E-state index contributed by atoms with van der Waals surface area (Å²) in [6, 6.07) is 0. The van der Waals surface area contributed by atoms with Crippen molar-refractivity contribution in [2.24, 2.45) is 11.8 Å². The van der Waals surface area contributed by atoms with Crippen molar-refractivity contribution in [1.29, 1.82) is 0 Å². The maximum atomic E-state index is 5.55. The zero-order valence-electron chi connectivity index (χ0n) is 11.9. The molecule has 3 heteroatoms. The van der Waals surface area contributed by atoms with Crippen molar-refractivity contribution >= 4 is 0 Å². The lowest BCUT2D eigenvalue weighted by atomic mass is 9.82. The van der Waals surface area contributed by atoms with Crippen LogP contribution >= 0.6 is 0 Å². The smallest absolute Gasteiger partial charge is 0.0593 e. The lowest BCUT2D eigenvalue weighted by Crippen LogP contribution is -2.29. The van der Waals surface area contributed by atoms with Gasteiger partial charge in [-0.1, -0.05) is 19.8 Å². The Kier molecular flexibility index (Phi) is 7.82. The van der Waals surface area contributed by atoms with E-state index < -0.39 is 0 Å². The van der Waals surface area contributed by atoms with E-state index in [0.29, 0.717) is 0 Å². The fourth-order valence-corrected chi connectivity index (χ4v) is 2.54. The van der Waals surface area contributed by atoms with Gasteiger partial charge in [0.1, 0.15) is 0 Å². The molecule has 1 saturated carbocycles. The van der Waals surface area contributed by atoms with E-state index in [9.17, 15) is 0 Å². The quantitative estimate of drug-likeness (QED) is 0.659. The molecule has 0 amide bonds. The van der Waals surface area contributed by atoms with Crippen LogP contribution in [0.25, 0.3) is 0 Å². The van der Waals surface area contributed by atoms with Gasteiger partial charge in [-0.3, -0.25) is 0 Å². The zero-order valence-corrected chi connectivity index (χ0v) is 11.9. The van der Waals surface area contributed by atoms with Crippen molar-refractivity contribution in [3.8, 4) is 0 Å². The first kappa shape index (κ1) is 14.9. The molecule has 3 nitrogen and oxygen atoms in total. The standard InChI is InChI=1S/C14H30N2O/c1-13-5-4-6-14(11-13)12-15-7-9-17-10-8-16(2)3/h13-15H,4-12H2,1-3H3. The SMILES string of the molecule is CC1CCCC(CNCCOCCN(C)C)C1. The van der Waals surface area contributed by atoms with E-state index in [2.05, 4.69) is 31.2 Å². The zero-order chi connectivity index (χ0) is 12.5. The highest BCUT2D eigenvalue weighted by atomic mass is 16.5. The number of likely N-dealkylation sites (N-methyl/N-ethyl adjacent to an activating group) is 1. The lowest BCUT2D eigenvalue weighted by molar-refractivity contribution is 0.118. The first-order chi connectivity index (χ1) is 8.18. The molecule has 0 aromatic carbocycles. The van der Waals surface area contributed by atoms with Crippen LogP contribution in [0.15, 0.2) is 0 Å². The Labute approximate surface area is 107 Å². The Hall–Kier alpha value is -0.120. The van der Waals surface area contributed by atoms with Crippen LogP contribution in [-0.4, -0.2) is 51.8 Å². The van der Waals surface area contributed by atoms with Gasteiger partial charge in [0.2, 0.25) is 0 Å². The monoisotopic (exact) mass is 242 g/mol. The van der Waals surface area contributed by atoms with Gasteiger partial charge < -0.3 is 15.0 Å². The van der Waals surface area contributed by atoms with E-state index in [1.807, 2.05) is 0 Å². The molecule has 0 aliphatic heterocycles. The third kappa shape index (κ3) is 7.74. The second-order valence-corrected chi connectivity index (χ2v) is 5.76. The van der Waals surface area contributed by atoms with Crippen LogP contribution in [0.2, 0.25) is 0 Å². The first-order valence-corrected chi connectivity index (χ1v) is 7.11. The van der Waals surface area contributed by atoms with Gasteiger partial charge in [-0.25, -0.2) is 0 Å². The highest BCUT2D eigenvalue weighted by molar-refractivity contribution is 4.72. The maximum Gasteiger partial charge on any atom is 0.0593 e. The van der Waals surface area contributed by atoms with Crippen LogP contribution in [0.1, 0.15) is 32.6 Å². The Balaban J connectivity index is 1.86. The summed E-state index contributed by atoms with van der Waals surface area (Å²) in [5, 5.41) is 3.53. The number of ether oxygens (including phenoxy) is 1. The van der Waals surface area contributed by atoms with Crippen LogP contribution < -0.4 is 5.32 Å². The lowest BCUT2D eigenvalue weighted by Gasteiger charge is -2.26. The van der Waals surface area contributed by atoms with Crippen LogP contribution in [0.5, 0.6) is 0 Å². The molecule has 1 N–H and O–H groups in total. The Morgan fingerprint density at radius 3 is 2.76 bits per heavy atom. The van der Waals surface area contributed by atoms with E-state index >= 15 is 0 Å². The molecule has 1 rings (SSSR count). The molecule has 0 heterocycles. The number of hydrogen-bond acceptors (Lipinski definition) is 3. The second-order valence-electron chi connectivity index (χ2n) is 5.76. The molecule has 0 aromatic heterocycles. The molecule has 0 radical (unpaired) electrons. The van der Waals surface area contributed by atoms with Crippen LogP contribution in [0, 0.1) is 11.8 Å². The molecule has 0 spiro atoms. The van der Waals surface area contributed by atoms with E-state index in [1.54, 1.807) is 0 Å². The summed E-state index contributed by atoms with van der Waals surface area (Å²) < 4.78 is 5.55. The van der Waals surface area contributed by atoms with Gasteiger partial charge in [0.15, 0.2) is 0 Å². The fourth-order valence-electron chi connectivity index (χ4n) is 2.54. The van der Waals surface area contributed by atoms with Crippen LogP contribution in [0.3, 0.4) is 0 Å². The highest BCUT2D eigenvalue weighted by Crippen LogP contribution is 2.27. The Morgan fingerprint density at radius 2 is 2.06 bits per heavy atom. The highest BCUT2D eigenvalue weighted by Gasteiger charge is 2.17. The molecule has 1 aliphatic carbocycles. The summed E-state index contributed by atoms with van der Waals surface area (Å²) in [5.41, 5.74) is 0. The fraction of sp³-hybridized carbons (Fsp3) is 1.00. The molecule has 0 saturated heterocycles. The molecule has 0 aromatic rings. The Bertz CT molecular complexity index is 185. The van der Waals surface area contributed by atoms with Gasteiger partial charge >= 0.3 is 0 Å². The number of hydrogen-bond donors (Lipinski definition) is 1. The number of nitrogens with one attached hydrogen (secondary N) is 1. The summed E-state index contributed by atoms with van der Waals surface area (Å²) >= 11 is 0. The van der Waals surface area contributed by atoms with E-state index in [0.717, 1.165) is 38.1 Å². The summed E-state index contributed by atoms with van der Waals surface area (Å²) in [6.07, 6.45) is 5.68. The third-order valence-electron chi connectivity index (χ3n) is 3.58. The summed E-state index contributed by atoms with van der Waals surface area (Å²) in [4.78, 5) is 2.15. The molecule has 102 valence electrons. The molecule has 2 atom stereocenters. The third-order valence-corrected chi connectivity index (χ3v) is 3.58. The largest absolute Gasteiger partial charge is 0.379 e. The molecule has 0 bridgehead atoms. The van der Waals surface area contributed by atoms with Crippen molar-refractivity contribution in [3.05, 3.63) is 0 Å².